The lowest BCUT2D eigenvalue weighted by Crippen LogP contribution is -2.37. The number of hydrogen-bond acceptors (Lipinski definition) is 3. The van der Waals surface area contributed by atoms with E-state index in [4.69, 9.17) is 0 Å². The lowest BCUT2D eigenvalue weighted by atomic mass is 10.1. The minimum atomic E-state index is 0.0713. The van der Waals surface area contributed by atoms with Crippen molar-refractivity contribution in [2.24, 2.45) is 0 Å². The number of aryl methyl sites for hydroxylation is 1. The van der Waals surface area contributed by atoms with Crippen LogP contribution in [0.3, 0.4) is 0 Å². The second-order valence-corrected chi connectivity index (χ2v) is 6.10. The highest BCUT2D eigenvalue weighted by atomic mass is 32.1. The van der Waals surface area contributed by atoms with E-state index in [0.717, 1.165) is 42.0 Å². The van der Waals surface area contributed by atoms with Gasteiger partial charge >= 0.3 is 0 Å². The fourth-order valence-corrected chi connectivity index (χ4v) is 3.02. The van der Waals surface area contributed by atoms with Crippen molar-refractivity contribution in [2.45, 2.75) is 39.0 Å². The molecule has 0 bridgehead atoms. The molecule has 4 heteroatoms. The summed E-state index contributed by atoms with van der Waals surface area (Å²) in [6, 6.07) is 3.81. The number of rotatable bonds is 3. The van der Waals surface area contributed by atoms with Gasteiger partial charge in [-0.1, -0.05) is 12.8 Å². The van der Waals surface area contributed by atoms with Crippen LogP contribution >= 0.6 is 11.3 Å². The van der Waals surface area contributed by atoms with Crippen molar-refractivity contribution in [3.63, 3.8) is 0 Å². The Labute approximate surface area is 112 Å². The molecule has 1 aromatic heterocycles. The van der Waals surface area contributed by atoms with Crippen LogP contribution in [0.5, 0.6) is 0 Å². The van der Waals surface area contributed by atoms with E-state index in [1.165, 1.54) is 11.3 Å². The van der Waals surface area contributed by atoms with Gasteiger partial charge < -0.3 is 4.90 Å². The summed E-state index contributed by atoms with van der Waals surface area (Å²) in [5.41, 5.74) is 0. The maximum atomic E-state index is 12.1. The summed E-state index contributed by atoms with van der Waals surface area (Å²) >= 11 is 1.51. The van der Waals surface area contributed by atoms with Gasteiger partial charge in [-0.2, -0.15) is 0 Å². The number of likely N-dealkylation sites (tertiary alicyclic amines) is 1. The van der Waals surface area contributed by atoms with Crippen LogP contribution in [0.15, 0.2) is 12.1 Å². The highest BCUT2D eigenvalue weighted by Gasteiger charge is 2.19. The summed E-state index contributed by atoms with van der Waals surface area (Å²) in [7, 11) is 0. The Morgan fingerprint density at radius 3 is 2.78 bits per heavy atom. The van der Waals surface area contributed by atoms with Gasteiger partial charge in [0.25, 0.3) is 0 Å². The topological polar surface area (TPSA) is 37.4 Å². The zero-order valence-electron chi connectivity index (χ0n) is 10.8. The Bertz CT molecular complexity index is 439. The van der Waals surface area contributed by atoms with E-state index in [9.17, 15) is 9.59 Å². The molecule has 0 aliphatic carbocycles. The van der Waals surface area contributed by atoms with Crippen LogP contribution in [0, 0.1) is 6.92 Å². The molecule has 1 aromatic rings. The number of thiophene rings is 1. The molecule has 1 saturated heterocycles. The second kappa shape index (κ2) is 6.14. The third-order valence-electron chi connectivity index (χ3n) is 3.27. The van der Waals surface area contributed by atoms with Gasteiger partial charge in [0.15, 0.2) is 5.78 Å². The van der Waals surface area contributed by atoms with Gasteiger partial charge in [-0.05, 0) is 31.9 Å². The van der Waals surface area contributed by atoms with Crippen LogP contribution in [0.25, 0.3) is 0 Å². The molecule has 1 aliphatic heterocycles. The van der Waals surface area contributed by atoms with E-state index in [1.54, 1.807) is 4.90 Å². The molecule has 0 atom stereocenters. The van der Waals surface area contributed by atoms with Crippen LogP contribution in [-0.2, 0) is 4.79 Å². The molecule has 0 saturated carbocycles. The van der Waals surface area contributed by atoms with Crippen LogP contribution in [0.1, 0.15) is 46.7 Å². The molecule has 3 nitrogen and oxygen atoms in total. The van der Waals surface area contributed by atoms with Gasteiger partial charge in [-0.15, -0.1) is 11.3 Å². The molecule has 0 aromatic carbocycles. The number of carbonyl (C=O) groups excluding carboxylic acids is 2. The predicted molar refractivity (Wildman–Crippen MR) is 73.1 cm³/mol. The largest absolute Gasteiger partial charge is 0.335 e. The number of nitrogens with zero attached hydrogens (tertiary/aromatic N) is 1. The number of amides is 1. The molecule has 0 radical (unpaired) electrons. The quantitative estimate of drug-likeness (QED) is 0.788. The lowest BCUT2D eigenvalue weighted by molar-refractivity contribution is -0.131. The monoisotopic (exact) mass is 265 g/mol. The molecule has 2 rings (SSSR count). The Morgan fingerprint density at radius 1 is 1.28 bits per heavy atom. The van der Waals surface area contributed by atoms with Gasteiger partial charge in [0.05, 0.1) is 11.4 Å². The fourth-order valence-electron chi connectivity index (χ4n) is 2.22. The molecule has 1 amide bonds. The maximum Gasteiger partial charge on any atom is 0.222 e. The average molecular weight is 265 g/mol. The van der Waals surface area contributed by atoms with Crippen molar-refractivity contribution < 1.29 is 9.59 Å². The van der Waals surface area contributed by atoms with Crippen LogP contribution in [-0.4, -0.2) is 29.7 Å². The first-order valence-corrected chi connectivity index (χ1v) is 7.36. The molecular formula is C14H19NO2S. The van der Waals surface area contributed by atoms with Gasteiger partial charge in [0.2, 0.25) is 5.91 Å². The summed E-state index contributed by atoms with van der Waals surface area (Å²) in [6.07, 6.45) is 4.87. The van der Waals surface area contributed by atoms with Gasteiger partial charge in [0.1, 0.15) is 0 Å². The average Bonchev–Trinajstić information content (AvgIpc) is 2.75. The maximum absolute atomic E-state index is 12.1. The van der Waals surface area contributed by atoms with Crippen molar-refractivity contribution >= 4 is 23.0 Å². The third-order valence-corrected chi connectivity index (χ3v) is 4.31. The van der Waals surface area contributed by atoms with E-state index < -0.39 is 0 Å². The van der Waals surface area contributed by atoms with Crippen LogP contribution < -0.4 is 0 Å². The molecule has 1 aliphatic rings. The van der Waals surface area contributed by atoms with Crippen molar-refractivity contribution in [2.75, 3.05) is 13.1 Å². The van der Waals surface area contributed by atoms with Crippen LogP contribution in [0.2, 0.25) is 0 Å². The van der Waals surface area contributed by atoms with E-state index >= 15 is 0 Å². The Balaban J connectivity index is 1.98. The normalized spacial score (nSPS) is 17.4. The number of carbonyl (C=O) groups is 2. The minimum absolute atomic E-state index is 0.0713. The third kappa shape index (κ3) is 3.42. The number of ketones is 1. The minimum Gasteiger partial charge on any atom is -0.335 e. The molecule has 98 valence electrons. The summed E-state index contributed by atoms with van der Waals surface area (Å²) in [6.45, 7) is 2.97. The molecule has 0 unspecified atom stereocenters. The zero-order valence-corrected chi connectivity index (χ0v) is 11.6. The predicted octanol–water partition coefficient (Wildman–Crippen LogP) is 3.03. The van der Waals surface area contributed by atoms with Crippen molar-refractivity contribution in [3.05, 3.63) is 21.9 Å². The van der Waals surface area contributed by atoms with Crippen molar-refractivity contribution in [1.29, 1.82) is 0 Å². The smallest absolute Gasteiger partial charge is 0.222 e. The fraction of sp³-hybridized carbons (Fsp3) is 0.571. The zero-order chi connectivity index (χ0) is 13.0. The summed E-state index contributed by atoms with van der Waals surface area (Å²) < 4.78 is 0. The summed E-state index contributed by atoms with van der Waals surface area (Å²) in [5.74, 6) is 0.207. The lowest BCUT2D eigenvalue weighted by Gasteiger charge is -2.23. The van der Waals surface area contributed by atoms with Gasteiger partial charge in [0, 0.05) is 17.8 Å². The Morgan fingerprint density at radius 2 is 2.06 bits per heavy atom. The Kier molecular flexibility index (Phi) is 4.53. The molecule has 0 N–H and O–H groups in total. The second-order valence-electron chi connectivity index (χ2n) is 4.81. The molecular weight excluding hydrogens is 246 g/mol. The first kappa shape index (κ1) is 13.3. The first-order chi connectivity index (χ1) is 8.66. The first-order valence-electron chi connectivity index (χ1n) is 6.54. The Hall–Kier alpha value is -1.16. The SMILES string of the molecule is Cc1ccc(C(=O)CN2CCCCCCC2=O)s1. The van der Waals surface area contributed by atoms with Gasteiger partial charge in [-0.25, -0.2) is 0 Å². The molecule has 1 fully saturated rings. The molecule has 18 heavy (non-hydrogen) atoms. The highest BCUT2D eigenvalue weighted by Crippen LogP contribution is 2.17. The van der Waals surface area contributed by atoms with E-state index in [1.807, 2.05) is 19.1 Å². The van der Waals surface area contributed by atoms with Crippen molar-refractivity contribution in [1.82, 2.24) is 4.90 Å². The summed E-state index contributed by atoms with van der Waals surface area (Å²) in [5, 5.41) is 0. The van der Waals surface area contributed by atoms with E-state index in [2.05, 4.69) is 0 Å². The van der Waals surface area contributed by atoms with Crippen molar-refractivity contribution in [3.8, 4) is 0 Å². The van der Waals surface area contributed by atoms with E-state index in [-0.39, 0.29) is 18.2 Å². The summed E-state index contributed by atoms with van der Waals surface area (Å²) in [4.78, 5) is 27.6. The number of hydrogen-bond donors (Lipinski definition) is 0. The standard InChI is InChI=1S/C14H19NO2S/c1-11-7-8-13(18-11)12(16)10-15-9-5-3-2-4-6-14(15)17/h7-8H,2-6,9-10H2,1H3. The van der Waals surface area contributed by atoms with Gasteiger partial charge in [-0.3, -0.25) is 9.59 Å². The highest BCUT2D eigenvalue weighted by molar-refractivity contribution is 7.14. The number of Topliss-reactive ketones (excluding diaryl/α,β-unsaturated/α-hetero) is 1. The van der Waals surface area contributed by atoms with E-state index in [0.29, 0.717) is 6.42 Å². The van der Waals surface area contributed by atoms with Crippen LogP contribution in [0.4, 0.5) is 0 Å². The molecule has 2 heterocycles. The molecule has 0 spiro atoms.